The Hall–Kier alpha value is -3.23. The minimum absolute atomic E-state index is 0.639. The van der Waals surface area contributed by atoms with Crippen molar-refractivity contribution >= 4 is 40.3 Å². The van der Waals surface area contributed by atoms with Gasteiger partial charge in [0.15, 0.2) is 5.11 Å². The molecule has 0 bridgehead atoms. The van der Waals surface area contributed by atoms with E-state index in [0.29, 0.717) is 5.11 Å². The van der Waals surface area contributed by atoms with E-state index in [1.807, 2.05) is 60.7 Å². The van der Waals surface area contributed by atoms with Crippen molar-refractivity contribution in [2.75, 3.05) is 54.8 Å². The Balaban J connectivity index is 1.15. The van der Waals surface area contributed by atoms with Crippen molar-refractivity contribution in [3.8, 4) is 0 Å². The summed E-state index contributed by atoms with van der Waals surface area (Å²) in [5.41, 5.74) is 3.07. The molecular weight excluding hydrogens is 406 g/mol. The molecule has 0 aliphatic carbocycles. The zero-order valence-electron chi connectivity index (χ0n) is 17.4. The molecule has 4 rings (SSSR count). The second kappa shape index (κ2) is 10.7. The SMILES string of the molecule is S=C(NCCN1CCN(c2ncccn2)CC1)Nc1ccc(Nc2ccccc2)cc1. The summed E-state index contributed by atoms with van der Waals surface area (Å²) < 4.78 is 0. The molecule has 7 nitrogen and oxygen atoms in total. The van der Waals surface area contributed by atoms with Crippen molar-refractivity contribution in [3.63, 3.8) is 0 Å². The standard InChI is InChI=1S/C23H27N7S/c31-23(28-21-9-7-20(8-10-21)27-19-5-2-1-3-6-19)26-13-14-29-15-17-30(18-16-29)22-24-11-4-12-25-22/h1-12,27H,13-18H2,(H2,26,28,31). The molecular formula is C23H27N7S. The summed E-state index contributed by atoms with van der Waals surface area (Å²) in [6.07, 6.45) is 3.58. The zero-order valence-corrected chi connectivity index (χ0v) is 18.2. The van der Waals surface area contributed by atoms with Crippen LogP contribution < -0.4 is 20.9 Å². The Labute approximate surface area is 188 Å². The van der Waals surface area contributed by atoms with E-state index >= 15 is 0 Å². The predicted molar refractivity (Wildman–Crippen MR) is 131 cm³/mol. The monoisotopic (exact) mass is 433 g/mol. The molecule has 1 fully saturated rings. The number of hydrogen-bond donors (Lipinski definition) is 3. The van der Waals surface area contributed by atoms with Gasteiger partial charge in [0, 0.05) is 68.7 Å². The molecule has 8 heteroatoms. The zero-order chi connectivity index (χ0) is 21.3. The number of para-hydroxylation sites is 1. The van der Waals surface area contributed by atoms with Crippen LogP contribution >= 0.6 is 12.2 Å². The van der Waals surface area contributed by atoms with Gasteiger partial charge < -0.3 is 20.9 Å². The van der Waals surface area contributed by atoms with E-state index in [2.05, 4.69) is 35.7 Å². The molecule has 2 aromatic carbocycles. The molecule has 1 saturated heterocycles. The minimum atomic E-state index is 0.639. The van der Waals surface area contributed by atoms with Gasteiger partial charge in [-0.05, 0) is 54.7 Å². The van der Waals surface area contributed by atoms with Crippen molar-refractivity contribution in [2.24, 2.45) is 0 Å². The molecule has 3 aromatic rings. The van der Waals surface area contributed by atoms with E-state index in [0.717, 1.165) is 62.3 Å². The molecule has 0 atom stereocenters. The Morgan fingerprint density at radius 3 is 2.16 bits per heavy atom. The second-order valence-corrected chi connectivity index (χ2v) is 7.74. The third-order valence-corrected chi connectivity index (χ3v) is 5.37. The second-order valence-electron chi connectivity index (χ2n) is 7.33. The average molecular weight is 434 g/mol. The maximum atomic E-state index is 5.44. The van der Waals surface area contributed by atoms with Gasteiger partial charge in [-0.1, -0.05) is 18.2 Å². The fourth-order valence-electron chi connectivity index (χ4n) is 3.45. The Bertz CT molecular complexity index is 943. The third-order valence-electron chi connectivity index (χ3n) is 5.13. The molecule has 0 radical (unpaired) electrons. The van der Waals surface area contributed by atoms with E-state index < -0.39 is 0 Å². The first-order valence-corrected chi connectivity index (χ1v) is 10.9. The van der Waals surface area contributed by atoms with Crippen LogP contribution in [0.5, 0.6) is 0 Å². The van der Waals surface area contributed by atoms with E-state index in [9.17, 15) is 0 Å². The summed E-state index contributed by atoms with van der Waals surface area (Å²) in [6.45, 7) is 5.63. The molecule has 160 valence electrons. The van der Waals surface area contributed by atoms with Gasteiger partial charge in [-0.25, -0.2) is 9.97 Å². The summed E-state index contributed by atoms with van der Waals surface area (Å²) in [4.78, 5) is 13.3. The average Bonchev–Trinajstić information content (AvgIpc) is 2.82. The van der Waals surface area contributed by atoms with Crippen molar-refractivity contribution in [1.29, 1.82) is 0 Å². The summed E-state index contributed by atoms with van der Waals surface area (Å²) in [5.74, 6) is 0.815. The first-order chi connectivity index (χ1) is 15.3. The number of nitrogens with one attached hydrogen (secondary N) is 3. The first kappa shape index (κ1) is 21.0. The number of hydrogen-bond acceptors (Lipinski definition) is 6. The van der Waals surface area contributed by atoms with Gasteiger partial charge in [0.05, 0.1) is 0 Å². The van der Waals surface area contributed by atoms with E-state index in [1.165, 1.54) is 0 Å². The lowest BCUT2D eigenvalue weighted by Gasteiger charge is -2.34. The number of aromatic nitrogens is 2. The Morgan fingerprint density at radius 2 is 1.45 bits per heavy atom. The highest BCUT2D eigenvalue weighted by Crippen LogP contribution is 2.18. The van der Waals surface area contributed by atoms with Crippen molar-refractivity contribution in [1.82, 2.24) is 20.2 Å². The van der Waals surface area contributed by atoms with Crippen LogP contribution in [0.15, 0.2) is 73.1 Å². The molecule has 0 unspecified atom stereocenters. The lowest BCUT2D eigenvalue weighted by atomic mass is 10.2. The molecule has 0 spiro atoms. The minimum Gasteiger partial charge on any atom is -0.361 e. The quantitative estimate of drug-likeness (QED) is 0.491. The van der Waals surface area contributed by atoms with Gasteiger partial charge >= 0.3 is 0 Å². The van der Waals surface area contributed by atoms with Crippen LogP contribution in [0.2, 0.25) is 0 Å². The fraction of sp³-hybridized carbons (Fsp3) is 0.261. The molecule has 31 heavy (non-hydrogen) atoms. The number of rotatable bonds is 7. The highest BCUT2D eigenvalue weighted by atomic mass is 32.1. The maximum Gasteiger partial charge on any atom is 0.225 e. The fourth-order valence-corrected chi connectivity index (χ4v) is 3.67. The molecule has 0 saturated carbocycles. The van der Waals surface area contributed by atoms with Crippen LogP contribution in [0.1, 0.15) is 0 Å². The van der Waals surface area contributed by atoms with Crippen LogP contribution in [0, 0.1) is 0 Å². The highest BCUT2D eigenvalue weighted by molar-refractivity contribution is 7.80. The van der Waals surface area contributed by atoms with E-state index in [4.69, 9.17) is 12.2 Å². The topological polar surface area (TPSA) is 68.3 Å². The first-order valence-electron chi connectivity index (χ1n) is 10.5. The Kier molecular flexibility index (Phi) is 7.25. The predicted octanol–water partition coefficient (Wildman–Crippen LogP) is 3.33. The summed E-state index contributed by atoms with van der Waals surface area (Å²) in [7, 11) is 0. The van der Waals surface area contributed by atoms with Crippen LogP contribution in [0.3, 0.4) is 0 Å². The number of piperazine rings is 1. The van der Waals surface area contributed by atoms with Crippen LogP contribution in [-0.2, 0) is 0 Å². The summed E-state index contributed by atoms with van der Waals surface area (Å²) >= 11 is 5.44. The highest BCUT2D eigenvalue weighted by Gasteiger charge is 2.18. The van der Waals surface area contributed by atoms with Crippen molar-refractivity contribution < 1.29 is 0 Å². The normalized spacial score (nSPS) is 14.1. The summed E-state index contributed by atoms with van der Waals surface area (Å²) in [5, 5.41) is 10.6. The number of thiocarbonyl (C=S) groups is 1. The Morgan fingerprint density at radius 1 is 0.806 bits per heavy atom. The summed E-state index contributed by atoms with van der Waals surface area (Å²) in [6, 6.07) is 20.1. The molecule has 1 aromatic heterocycles. The maximum absolute atomic E-state index is 5.44. The van der Waals surface area contributed by atoms with Gasteiger partial charge in [0.25, 0.3) is 0 Å². The smallest absolute Gasteiger partial charge is 0.225 e. The largest absolute Gasteiger partial charge is 0.361 e. The molecule has 2 heterocycles. The van der Waals surface area contributed by atoms with Gasteiger partial charge in [-0.3, -0.25) is 4.90 Å². The van der Waals surface area contributed by atoms with Gasteiger partial charge in [-0.2, -0.15) is 0 Å². The van der Waals surface area contributed by atoms with Crippen LogP contribution in [-0.4, -0.2) is 59.2 Å². The van der Waals surface area contributed by atoms with Gasteiger partial charge in [-0.15, -0.1) is 0 Å². The molecule has 3 N–H and O–H groups in total. The molecule has 1 aliphatic heterocycles. The lowest BCUT2D eigenvalue weighted by Crippen LogP contribution is -2.49. The van der Waals surface area contributed by atoms with Gasteiger partial charge in [0.2, 0.25) is 5.95 Å². The van der Waals surface area contributed by atoms with Crippen molar-refractivity contribution in [3.05, 3.63) is 73.1 Å². The molecule has 0 amide bonds. The number of anilines is 4. The third kappa shape index (κ3) is 6.37. The lowest BCUT2D eigenvalue weighted by molar-refractivity contribution is 0.260. The van der Waals surface area contributed by atoms with E-state index in [1.54, 1.807) is 12.4 Å². The number of benzene rings is 2. The number of nitrogens with zero attached hydrogens (tertiary/aromatic N) is 4. The van der Waals surface area contributed by atoms with Gasteiger partial charge in [0.1, 0.15) is 0 Å². The van der Waals surface area contributed by atoms with E-state index in [-0.39, 0.29) is 0 Å². The van der Waals surface area contributed by atoms with Crippen LogP contribution in [0.25, 0.3) is 0 Å². The van der Waals surface area contributed by atoms with Crippen LogP contribution in [0.4, 0.5) is 23.0 Å². The molecule has 1 aliphatic rings. The van der Waals surface area contributed by atoms with Crippen molar-refractivity contribution in [2.45, 2.75) is 0 Å².